The topological polar surface area (TPSA) is 38.2 Å². The van der Waals surface area contributed by atoms with Crippen molar-refractivity contribution in [3.05, 3.63) is 17.0 Å². The molecule has 2 saturated heterocycles. The number of hydrogen-bond acceptors (Lipinski definition) is 4. The third kappa shape index (κ3) is 2.24. The maximum Gasteiger partial charge on any atom is 0.134 e. The molecule has 5 heteroatoms. The molecule has 2 aliphatic rings. The molecule has 3 rings (SSSR count). The average molecular weight is 254 g/mol. The van der Waals surface area contributed by atoms with Crippen molar-refractivity contribution in [2.75, 3.05) is 31.2 Å². The second-order valence-corrected chi connectivity index (χ2v) is 5.28. The maximum absolute atomic E-state index is 5.98. The molecule has 3 heterocycles. The third-order valence-corrected chi connectivity index (χ3v) is 3.87. The van der Waals surface area contributed by atoms with Crippen molar-refractivity contribution in [2.24, 2.45) is 11.8 Å². The van der Waals surface area contributed by atoms with Crippen LogP contribution in [0.5, 0.6) is 0 Å². The van der Waals surface area contributed by atoms with E-state index in [4.69, 9.17) is 16.3 Å². The van der Waals surface area contributed by atoms with Crippen LogP contribution in [0.25, 0.3) is 0 Å². The van der Waals surface area contributed by atoms with Gasteiger partial charge in [-0.1, -0.05) is 11.6 Å². The van der Waals surface area contributed by atoms with Crippen LogP contribution in [0.2, 0.25) is 5.15 Å². The van der Waals surface area contributed by atoms with Crippen molar-refractivity contribution in [3.8, 4) is 0 Å². The maximum atomic E-state index is 5.98. The van der Waals surface area contributed by atoms with Gasteiger partial charge >= 0.3 is 0 Å². The summed E-state index contributed by atoms with van der Waals surface area (Å²) in [5, 5.41) is 0.525. The SMILES string of the molecule is Cc1nc(Cl)cc(N2CC[C@@H]3COC[C@H]3C2)n1. The minimum Gasteiger partial charge on any atom is -0.381 e. The zero-order chi connectivity index (χ0) is 11.8. The molecule has 92 valence electrons. The van der Waals surface area contributed by atoms with Gasteiger partial charge in [0.25, 0.3) is 0 Å². The van der Waals surface area contributed by atoms with Crippen LogP contribution in [-0.4, -0.2) is 36.3 Å². The molecule has 0 spiro atoms. The zero-order valence-corrected chi connectivity index (χ0v) is 10.7. The number of ether oxygens (including phenoxy) is 1. The highest BCUT2D eigenvalue weighted by molar-refractivity contribution is 6.29. The number of halogens is 1. The van der Waals surface area contributed by atoms with Crippen molar-refractivity contribution in [3.63, 3.8) is 0 Å². The lowest BCUT2D eigenvalue weighted by Gasteiger charge is -2.34. The summed E-state index contributed by atoms with van der Waals surface area (Å²) >= 11 is 5.98. The van der Waals surface area contributed by atoms with Gasteiger partial charge in [-0.3, -0.25) is 0 Å². The van der Waals surface area contributed by atoms with Gasteiger partial charge in [-0.25, -0.2) is 9.97 Å². The molecule has 0 unspecified atom stereocenters. The van der Waals surface area contributed by atoms with Crippen molar-refractivity contribution in [2.45, 2.75) is 13.3 Å². The van der Waals surface area contributed by atoms with E-state index in [-0.39, 0.29) is 0 Å². The Morgan fingerprint density at radius 2 is 2.18 bits per heavy atom. The number of hydrogen-bond donors (Lipinski definition) is 0. The van der Waals surface area contributed by atoms with Crippen LogP contribution in [0.4, 0.5) is 5.82 Å². The Hall–Kier alpha value is -0.870. The molecular formula is C12H16ClN3O. The van der Waals surface area contributed by atoms with Crippen LogP contribution < -0.4 is 4.90 Å². The van der Waals surface area contributed by atoms with E-state index in [1.807, 2.05) is 13.0 Å². The van der Waals surface area contributed by atoms with Crippen LogP contribution >= 0.6 is 11.6 Å². The quantitative estimate of drug-likeness (QED) is 0.717. The van der Waals surface area contributed by atoms with Crippen LogP contribution in [0, 0.1) is 18.8 Å². The molecule has 0 saturated carbocycles. The van der Waals surface area contributed by atoms with Gasteiger partial charge in [0.2, 0.25) is 0 Å². The van der Waals surface area contributed by atoms with E-state index in [1.165, 1.54) is 6.42 Å². The van der Waals surface area contributed by atoms with Crippen molar-refractivity contribution >= 4 is 17.4 Å². The lowest BCUT2D eigenvalue weighted by atomic mass is 9.89. The van der Waals surface area contributed by atoms with Crippen LogP contribution in [0.15, 0.2) is 6.07 Å². The Labute approximate surface area is 106 Å². The second kappa shape index (κ2) is 4.42. The first-order valence-electron chi connectivity index (χ1n) is 6.06. The molecule has 0 bridgehead atoms. The summed E-state index contributed by atoms with van der Waals surface area (Å²) in [4.78, 5) is 10.9. The van der Waals surface area contributed by atoms with Gasteiger partial charge in [-0.05, 0) is 19.3 Å². The molecule has 4 nitrogen and oxygen atoms in total. The van der Waals surface area contributed by atoms with Gasteiger partial charge in [-0.15, -0.1) is 0 Å². The molecule has 2 atom stereocenters. The van der Waals surface area contributed by atoms with Crippen molar-refractivity contribution in [1.82, 2.24) is 9.97 Å². The van der Waals surface area contributed by atoms with Crippen LogP contribution in [-0.2, 0) is 4.74 Å². The largest absolute Gasteiger partial charge is 0.381 e. The second-order valence-electron chi connectivity index (χ2n) is 4.89. The van der Waals surface area contributed by atoms with Crippen molar-refractivity contribution < 1.29 is 4.74 Å². The Balaban J connectivity index is 1.80. The Morgan fingerprint density at radius 1 is 1.35 bits per heavy atom. The molecule has 0 aromatic carbocycles. The molecule has 1 aromatic rings. The van der Waals surface area contributed by atoms with Gasteiger partial charge in [0.05, 0.1) is 6.61 Å². The summed E-state index contributed by atoms with van der Waals surface area (Å²) in [6, 6.07) is 1.85. The highest BCUT2D eigenvalue weighted by Gasteiger charge is 2.34. The van der Waals surface area contributed by atoms with E-state index in [0.717, 1.165) is 43.9 Å². The smallest absolute Gasteiger partial charge is 0.134 e. The monoisotopic (exact) mass is 253 g/mol. The molecule has 17 heavy (non-hydrogen) atoms. The third-order valence-electron chi connectivity index (χ3n) is 3.67. The molecule has 0 amide bonds. The predicted octanol–water partition coefficient (Wildman–Crippen LogP) is 1.91. The molecule has 2 fully saturated rings. The molecule has 2 aliphatic heterocycles. The summed E-state index contributed by atoms with van der Waals surface area (Å²) in [6.07, 6.45) is 1.19. The normalized spacial score (nSPS) is 28.2. The van der Waals surface area contributed by atoms with E-state index in [1.54, 1.807) is 0 Å². The first-order chi connectivity index (χ1) is 8.22. The minimum atomic E-state index is 0.525. The van der Waals surface area contributed by atoms with Crippen LogP contribution in [0.1, 0.15) is 12.2 Å². The number of anilines is 1. The molecular weight excluding hydrogens is 238 g/mol. The minimum absolute atomic E-state index is 0.525. The molecule has 0 radical (unpaired) electrons. The van der Waals surface area contributed by atoms with Crippen LogP contribution in [0.3, 0.4) is 0 Å². The fraction of sp³-hybridized carbons (Fsp3) is 0.667. The van der Waals surface area contributed by atoms with Gasteiger partial charge < -0.3 is 9.64 Å². The summed E-state index contributed by atoms with van der Waals surface area (Å²) in [5.74, 6) is 3.08. The Kier molecular flexibility index (Phi) is 2.92. The number of piperidine rings is 1. The average Bonchev–Trinajstić information content (AvgIpc) is 2.74. The molecule has 0 N–H and O–H groups in total. The van der Waals surface area contributed by atoms with Gasteiger partial charge in [0, 0.05) is 31.7 Å². The van der Waals surface area contributed by atoms with E-state index < -0.39 is 0 Å². The summed E-state index contributed by atoms with van der Waals surface area (Å²) in [6.45, 7) is 5.76. The Bertz CT molecular complexity index is 406. The van der Waals surface area contributed by atoms with E-state index in [9.17, 15) is 0 Å². The summed E-state index contributed by atoms with van der Waals surface area (Å²) in [5.41, 5.74) is 0. The van der Waals surface area contributed by atoms with Gasteiger partial charge in [0.1, 0.15) is 16.8 Å². The Morgan fingerprint density at radius 3 is 3.00 bits per heavy atom. The number of nitrogens with zero attached hydrogens (tertiary/aromatic N) is 3. The highest BCUT2D eigenvalue weighted by Crippen LogP contribution is 2.31. The predicted molar refractivity (Wildman–Crippen MR) is 66.4 cm³/mol. The number of aryl methyl sites for hydroxylation is 1. The standard InChI is InChI=1S/C12H16ClN3O/c1-8-14-11(13)4-12(15-8)16-3-2-9-6-17-7-10(9)5-16/h4,9-10H,2-3,5-7H2,1H3/t9-,10-/m1/s1. The first-order valence-corrected chi connectivity index (χ1v) is 6.44. The van der Waals surface area contributed by atoms with Crippen molar-refractivity contribution in [1.29, 1.82) is 0 Å². The lowest BCUT2D eigenvalue weighted by molar-refractivity contribution is 0.182. The fourth-order valence-electron chi connectivity index (χ4n) is 2.75. The van der Waals surface area contributed by atoms with Gasteiger partial charge in [0.15, 0.2) is 0 Å². The molecule has 0 aliphatic carbocycles. The number of fused-ring (bicyclic) bond motifs is 1. The van der Waals surface area contributed by atoms with E-state index >= 15 is 0 Å². The first kappa shape index (κ1) is 11.2. The zero-order valence-electron chi connectivity index (χ0n) is 9.90. The highest BCUT2D eigenvalue weighted by atomic mass is 35.5. The van der Waals surface area contributed by atoms with E-state index in [0.29, 0.717) is 11.1 Å². The van der Waals surface area contributed by atoms with Gasteiger partial charge in [-0.2, -0.15) is 0 Å². The lowest BCUT2D eigenvalue weighted by Crippen LogP contribution is -2.40. The number of rotatable bonds is 1. The number of aromatic nitrogens is 2. The summed E-state index contributed by atoms with van der Waals surface area (Å²) in [7, 11) is 0. The summed E-state index contributed by atoms with van der Waals surface area (Å²) < 4.78 is 5.54. The molecule has 1 aromatic heterocycles. The van der Waals surface area contributed by atoms with E-state index in [2.05, 4.69) is 14.9 Å². The fourth-order valence-corrected chi connectivity index (χ4v) is 2.97.